The minimum absolute atomic E-state index is 0.194. The molecule has 0 aliphatic carbocycles. The highest BCUT2D eigenvalue weighted by Crippen LogP contribution is 2.22. The van der Waals surface area contributed by atoms with Crippen LogP contribution < -0.4 is 5.32 Å². The topological polar surface area (TPSA) is 127 Å². The molecule has 2 fully saturated rings. The second-order valence-corrected chi connectivity index (χ2v) is 6.65. The Balaban J connectivity index is 2.08. The molecule has 2 rings (SSSR count). The summed E-state index contributed by atoms with van der Waals surface area (Å²) >= 11 is 0. The summed E-state index contributed by atoms with van der Waals surface area (Å²) in [5.41, 5.74) is 0. The van der Waals surface area contributed by atoms with Crippen LogP contribution in [-0.2, 0) is 19.2 Å². The van der Waals surface area contributed by atoms with E-state index in [9.17, 15) is 29.4 Å². The Bertz CT molecular complexity index is 566. The number of likely N-dealkylation sites (tertiary alicyclic amines) is 2. The van der Waals surface area contributed by atoms with E-state index in [0.29, 0.717) is 38.8 Å². The van der Waals surface area contributed by atoms with Crippen molar-refractivity contribution in [3.63, 3.8) is 0 Å². The molecule has 4 unspecified atom stereocenters. The van der Waals surface area contributed by atoms with E-state index in [-0.39, 0.29) is 5.91 Å². The average molecular weight is 355 g/mol. The monoisotopic (exact) mass is 355 g/mol. The van der Waals surface area contributed by atoms with Crippen LogP contribution in [0, 0.1) is 0 Å². The molecule has 0 bridgehead atoms. The molecule has 2 saturated heterocycles. The Morgan fingerprint density at radius 2 is 1.64 bits per heavy atom. The van der Waals surface area contributed by atoms with Gasteiger partial charge in [-0.25, -0.2) is 4.79 Å². The number of rotatable bonds is 6. The van der Waals surface area contributed by atoms with Gasteiger partial charge in [0.25, 0.3) is 0 Å². The first kappa shape index (κ1) is 19.2. The van der Waals surface area contributed by atoms with E-state index >= 15 is 0 Å². The largest absolute Gasteiger partial charge is 0.480 e. The number of amides is 2. The van der Waals surface area contributed by atoms with Gasteiger partial charge < -0.3 is 20.0 Å². The molecular weight excluding hydrogens is 330 g/mol. The van der Waals surface area contributed by atoms with Crippen LogP contribution in [-0.4, -0.2) is 81.0 Å². The molecule has 0 aromatic heterocycles. The lowest BCUT2D eigenvalue weighted by atomic mass is 10.0. The number of carbonyl (C=O) groups excluding carboxylic acids is 2. The van der Waals surface area contributed by atoms with Crippen LogP contribution in [0.5, 0.6) is 0 Å². The maximum absolute atomic E-state index is 12.6. The van der Waals surface area contributed by atoms with E-state index in [2.05, 4.69) is 5.32 Å². The third-order valence-corrected chi connectivity index (χ3v) is 4.98. The van der Waals surface area contributed by atoms with Gasteiger partial charge >= 0.3 is 11.9 Å². The summed E-state index contributed by atoms with van der Waals surface area (Å²) in [7, 11) is 0. The van der Waals surface area contributed by atoms with Crippen LogP contribution in [0.15, 0.2) is 0 Å². The fourth-order valence-corrected chi connectivity index (χ4v) is 3.75. The summed E-state index contributed by atoms with van der Waals surface area (Å²) in [6, 6.07) is -3.30. The van der Waals surface area contributed by atoms with Crippen LogP contribution in [0.25, 0.3) is 0 Å². The summed E-state index contributed by atoms with van der Waals surface area (Å²) in [5, 5.41) is 21.6. The van der Waals surface area contributed by atoms with Crippen molar-refractivity contribution in [1.82, 2.24) is 15.1 Å². The van der Waals surface area contributed by atoms with E-state index in [1.54, 1.807) is 0 Å². The van der Waals surface area contributed by atoms with Gasteiger partial charge in [0.15, 0.2) is 0 Å². The number of hydrogen-bond donors (Lipinski definition) is 3. The second kappa shape index (κ2) is 7.81. The Morgan fingerprint density at radius 1 is 1.04 bits per heavy atom. The maximum atomic E-state index is 12.6. The predicted octanol–water partition coefficient (Wildman–Crippen LogP) is -0.496. The van der Waals surface area contributed by atoms with E-state index < -0.39 is 42.0 Å². The highest BCUT2D eigenvalue weighted by Gasteiger charge is 2.41. The van der Waals surface area contributed by atoms with Gasteiger partial charge in [-0.05, 0) is 32.6 Å². The highest BCUT2D eigenvalue weighted by atomic mass is 16.4. The zero-order chi connectivity index (χ0) is 18.7. The van der Waals surface area contributed by atoms with Crippen LogP contribution >= 0.6 is 0 Å². The quantitative estimate of drug-likeness (QED) is 0.586. The molecule has 140 valence electrons. The number of nitrogens with one attached hydrogen (secondary N) is 1. The number of nitrogens with zero attached hydrogens (tertiary/aromatic N) is 2. The molecule has 2 heterocycles. The molecule has 3 N–H and O–H groups in total. The van der Waals surface area contributed by atoms with Gasteiger partial charge in [-0.2, -0.15) is 0 Å². The molecule has 0 saturated carbocycles. The smallest absolute Gasteiger partial charge is 0.326 e. The van der Waals surface area contributed by atoms with Crippen LogP contribution in [0.2, 0.25) is 0 Å². The second-order valence-electron chi connectivity index (χ2n) is 6.65. The number of carbonyl (C=O) groups is 4. The molecule has 0 radical (unpaired) electrons. The van der Waals surface area contributed by atoms with E-state index in [4.69, 9.17) is 0 Å². The average Bonchev–Trinajstić information content (AvgIpc) is 3.19. The fraction of sp³-hybridized carbons (Fsp3) is 0.750. The van der Waals surface area contributed by atoms with E-state index in [1.165, 1.54) is 23.6 Å². The molecule has 0 aromatic carbocycles. The first-order valence-corrected chi connectivity index (χ1v) is 8.53. The molecule has 0 spiro atoms. The molecular formula is C16H25N3O6. The molecule has 0 aromatic rings. The molecule has 2 aliphatic rings. The van der Waals surface area contributed by atoms with Gasteiger partial charge in [0.2, 0.25) is 11.8 Å². The lowest BCUT2D eigenvalue weighted by molar-refractivity contribution is -0.150. The third kappa shape index (κ3) is 4.09. The highest BCUT2D eigenvalue weighted by molar-refractivity contribution is 5.88. The third-order valence-electron chi connectivity index (χ3n) is 4.98. The van der Waals surface area contributed by atoms with Crippen molar-refractivity contribution < 1.29 is 29.4 Å². The Morgan fingerprint density at radius 3 is 2.20 bits per heavy atom. The van der Waals surface area contributed by atoms with Crippen molar-refractivity contribution in [2.45, 2.75) is 63.7 Å². The lowest BCUT2D eigenvalue weighted by Gasteiger charge is -2.32. The van der Waals surface area contributed by atoms with Crippen molar-refractivity contribution in [3.8, 4) is 0 Å². The zero-order valence-electron chi connectivity index (χ0n) is 14.5. The zero-order valence-corrected chi connectivity index (χ0v) is 14.5. The summed E-state index contributed by atoms with van der Waals surface area (Å²) in [6.45, 7) is 3.78. The Kier molecular flexibility index (Phi) is 5.99. The Hall–Kier alpha value is -2.16. The van der Waals surface area contributed by atoms with E-state index in [0.717, 1.165) is 0 Å². The van der Waals surface area contributed by atoms with Crippen LogP contribution in [0.1, 0.15) is 39.5 Å². The summed E-state index contributed by atoms with van der Waals surface area (Å²) < 4.78 is 0. The molecule has 2 aliphatic heterocycles. The van der Waals surface area contributed by atoms with Crippen molar-refractivity contribution in [2.75, 3.05) is 13.1 Å². The molecule has 4 atom stereocenters. The Labute approximate surface area is 146 Å². The molecule has 2 amide bonds. The van der Waals surface area contributed by atoms with Crippen molar-refractivity contribution >= 4 is 23.8 Å². The summed E-state index contributed by atoms with van der Waals surface area (Å²) in [5.74, 6) is -2.80. The normalized spacial score (nSPS) is 25.7. The van der Waals surface area contributed by atoms with Gasteiger partial charge in [0.1, 0.15) is 12.1 Å². The van der Waals surface area contributed by atoms with Crippen LogP contribution in [0.3, 0.4) is 0 Å². The fourth-order valence-electron chi connectivity index (χ4n) is 3.75. The number of carboxylic acids is 2. The van der Waals surface area contributed by atoms with Gasteiger partial charge in [-0.3, -0.25) is 19.7 Å². The number of aliphatic carboxylic acids is 2. The van der Waals surface area contributed by atoms with Gasteiger partial charge in [-0.15, -0.1) is 0 Å². The molecule has 9 heteroatoms. The SMILES string of the molecule is CC(=O)N1CCCC1C(NC(C)C(=O)N1CCCC1C(=O)O)C(=O)O. The van der Waals surface area contributed by atoms with Crippen molar-refractivity contribution in [1.29, 1.82) is 0 Å². The lowest BCUT2D eigenvalue weighted by Crippen LogP contribution is -2.58. The van der Waals surface area contributed by atoms with Gasteiger partial charge in [0, 0.05) is 20.0 Å². The number of carboxylic acid groups (broad SMARTS) is 2. The predicted molar refractivity (Wildman–Crippen MR) is 86.8 cm³/mol. The van der Waals surface area contributed by atoms with Crippen LogP contribution in [0.4, 0.5) is 0 Å². The number of hydrogen-bond acceptors (Lipinski definition) is 5. The molecule has 9 nitrogen and oxygen atoms in total. The van der Waals surface area contributed by atoms with E-state index in [1.807, 2.05) is 0 Å². The minimum atomic E-state index is -1.13. The molecule has 25 heavy (non-hydrogen) atoms. The van der Waals surface area contributed by atoms with Gasteiger partial charge in [0.05, 0.1) is 12.1 Å². The minimum Gasteiger partial charge on any atom is -0.480 e. The first-order chi connectivity index (χ1) is 11.7. The summed E-state index contributed by atoms with van der Waals surface area (Å²) in [4.78, 5) is 50.0. The standard InChI is InChI=1S/C16H25N3O6/c1-9(14(21)19-8-4-6-12(19)15(22)23)17-13(16(24)25)11-5-3-7-18(11)10(2)20/h9,11-13,17H,3-8H2,1-2H3,(H,22,23)(H,24,25). The maximum Gasteiger partial charge on any atom is 0.326 e. The van der Waals surface area contributed by atoms with Gasteiger partial charge in [-0.1, -0.05) is 0 Å². The van der Waals surface area contributed by atoms with Crippen molar-refractivity contribution in [2.24, 2.45) is 0 Å². The summed E-state index contributed by atoms with van der Waals surface area (Å²) in [6.07, 6.45) is 2.27. The van der Waals surface area contributed by atoms with Crippen molar-refractivity contribution in [3.05, 3.63) is 0 Å². The first-order valence-electron chi connectivity index (χ1n) is 8.53.